The molecule has 0 N–H and O–H groups in total. The Morgan fingerprint density at radius 1 is 0.267 bits per heavy atom. The standard InChI is InChI=1S/C43H87.CH3.Y/c1-13-34(14-2)25-40(26-35(15-3)16-4)31-43(32-41(27-36(17-5)18-6)28-37(19-7)20-8)33-42(29-38(21-9)22-10)30-39(23-11)24-12;;/h34-42H,13-33H2,1-12H3;1H3;/q2*-1;. The predicted octanol–water partition coefficient (Wildman–Crippen LogP) is 16.0. The molecule has 1 heteroatoms. The molecule has 0 amide bonds. The molecule has 0 nitrogen and oxygen atoms in total. The molecule has 271 valence electrons. The SMILES string of the molecule is CCC(CC)CC(C[C-](CC(CC(CC)CC)CC(CC)CC)CC(CC(CC)CC)CC(CC)CC)CC(CC)CC.[CH3-].[Y]. The van der Waals surface area contributed by atoms with Crippen molar-refractivity contribution in [2.45, 2.75) is 218 Å². The van der Waals surface area contributed by atoms with Gasteiger partial charge in [-0.2, -0.15) is 19.3 Å². The molecule has 0 aromatic carbocycles. The zero-order valence-corrected chi connectivity index (χ0v) is 37.0. The second-order valence-electron chi connectivity index (χ2n) is 15.5. The van der Waals surface area contributed by atoms with Crippen LogP contribution in [0.5, 0.6) is 0 Å². The Bertz CT molecular complexity index is 439. The summed E-state index contributed by atoms with van der Waals surface area (Å²) in [5.41, 5.74) is 0. The second-order valence-corrected chi connectivity index (χ2v) is 15.5. The largest absolute Gasteiger partial charge is 0.358 e. The van der Waals surface area contributed by atoms with E-state index in [0.29, 0.717) is 0 Å². The van der Waals surface area contributed by atoms with Crippen LogP contribution in [0.4, 0.5) is 0 Å². The van der Waals surface area contributed by atoms with Gasteiger partial charge in [-0.05, 0) is 35.5 Å². The summed E-state index contributed by atoms with van der Waals surface area (Å²) in [6.07, 6.45) is 29.5. The average Bonchev–Trinajstić information content (AvgIpc) is 3.03. The molecular weight excluding hydrogens is 617 g/mol. The minimum atomic E-state index is 0. The molecule has 0 rings (SSSR count). The second kappa shape index (κ2) is 32.3. The van der Waals surface area contributed by atoms with Crippen molar-refractivity contribution in [3.8, 4) is 0 Å². The fourth-order valence-corrected chi connectivity index (χ4v) is 8.82. The van der Waals surface area contributed by atoms with Crippen LogP contribution in [0.15, 0.2) is 0 Å². The molecule has 0 saturated carbocycles. The Hall–Kier alpha value is 1.10. The molecule has 0 aromatic rings. The average molecular weight is 708 g/mol. The summed E-state index contributed by atoms with van der Waals surface area (Å²) in [7, 11) is 0. The van der Waals surface area contributed by atoms with Crippen molar-refractivity contribution in [1.29, 1.82) is 0 Å². The molecule has 0 saturated heterocycles. The molecule has 0 atom stereocenters. The molecule has 1 radical (unpaired) electrons. The fraction of sp³-hybridized carbons (Fsp3) is 0.955. The van der Waals surface area contributed by atoms with E-state index in [1.54, 1.807) is 0 Å². The van der Waals surface area contributed by atoms with Crippen LogP contribution < -0.4 is 0 Å². The zero-order valence-electron chi connectivity index (χ0n) is 34.1. The molecule has 0 fully saturated rings. The molecule has 0 aliphatic carbocycles. The van der Waals surface area contributed by atoms with Crippen LogP contribution in [0.3, 0.4) is 0 Å². The molecule has 0 aliphatic rings. The predicted molar refractivity (Wildman–Crippen MR) is 206 cm³/mol. The smallest absolute Gasteiger partial charge is 0 e. The van der Waals surface area contributed by atoms with Gasteiger partial charge in [-0.15, -0.1) is 0 Å². The van der Waals surface area contributed by atoms with Gasteiger partial charge in [0.2, 0.25) is 0 Å². The van der Waals surface area contributed by atoms with Crippen molar-refractivity contribution >= 4 is 0 Å². The van der Waals surface area contributed by atoms with E-state index in [0.717, 1.165) is 53.3 Å². The molecule has 0 aliphatic heterocycles. The van der Waals surface area contributed by atoms with Gasteiger partial charge in [0.25, 0.3) is 0 Å². The Labute approximate surface area is 315 Å². The molecule has 0 spiro atoms. The zero-order chi connectivity index (χ0) is 32.6. The van der Waals surface area contributed by atoms with E-state index >= 15 is 0 Å². The minimum absolute atomic E-state index is 0. The van der Waals surface area contributed by atoms with E-state index < -0.39 is 0 Å². The van der Waals surface area contributed by atoms with Gasteiger partial charge in [0, 0.05) is 32.7 Å². The maximum absolute atomic E-state index is 2.45. The first-order chi connectivity index (χ1) is 20.7. The maximum Gasteiger partial charge on any atom is 0 e. The number of hydrogen-bond acceptors (Lipinski definition) is 0. The van der Waals surface area contributed by atoms with Crippen molar-refractivity contribution in [3.63, 3.8) is 0 Å². The summed E-state index contributed by atoms with van der Waals surface area (Å²) >= 11 is 0. The third kappa shape index (κ3) is 22.4. The molecule has 0 heterocycles. The first-order valence-electron chi connectivity index (χ1n) is 20.6. The van der Waals surface area contributed by atoms with Gasteiger partial charge in [0.05, 0.1) is 0 Å². The van der Waals surface area contributed by atoms with Crippen molar-refractivity contribution in [2.24, 2.45) is 53.3 Å². The molecular formula is C44H90Y-2. The Morgan fingerprint density at radius 3 is 0.511 bits per heavy atom. The van der Waals surface area contributed by atoms with Crippen LogP contribution in [0.25, 0.3) is 0 Å². The van der Waals surface area contributed by atoms with Crippen LogP contribution in [0.1, 0.15) is 218 Å². The first-order valence-corrected chi connectivity index (χ1v) is 20.6. The monoisotopic (exact) mass is 708 g/mol. The Kier molecular flexibility index (Phi) is 36.3. The van der Waals surface area contributed by atoms with E-state index in [-0.39, 0.29) is 40.1 Å². The quantitative estimate of drug-likeness (QED) is 0.0652. The number of rotatable bonds is 30. The summed E-state index contributed by atoms with van der Waals surface area (Å²) in [5, 5.41) is 0. The van der Waals surface area contributed by atoms with Crippen molar-refractivity contribution < 1.29 is 32.7 Å². The topological polar surface area (TPSA) is 0 Å². The van der Waals surface area contributed by atoms with Crippen molar-refractivity contribution in [3.05, 3.63) is 13.3 Å². The van der Waals surface area contributed by atoms with Crippen LogP contribution in [-0.2, 0) is 32.7 Å². The molecule has 45 heavy (non-hydrogen) atoms. The fourth-order valence-electron chi connectivity index (χ4n) is 8.82. The van der Waals surface area contributed by atoms with Gasteiger partial charge in [0.1, 0.15) is 0 Å². The van der Waals surface area contributed by atoms with E-state index in [4.69, 9.17) is 0 Å². The van der Waals surface area contributed by atoms with Crippen molar-refractivity contribution in [1.82, 2.24) is 0 Å². The van der Waals surface area contributed by atoms with Gasteiger partial charge in [0.15, 0.2) is 0 Å². The van der Waals surface area contributed by atoms with Crippen LogP contribution >= 0.6 is 0 Å². The van der Waals surface area contributed by atoms with Gasteiger partial charge in [-0.3, -0.25) is 0 Å². The third-order valence-electron chi connectivity index (χ3n) is 12.7. The maximum atomic E-state index is 2.45. The van der Waals surface area contributed by atoms with Crippen LogP contribution in [-0.4, -0.2) is 0 Å². The van der Waals surface area contributed by atoms with Gasteiger partial charge < -0.3 is 13.3 Å². The normalized spacial score (nSPS) is 12.4. The first kappa shape index (κ1) is 50.5. The molecule has 0 bridgehead atoms. The molecule has 0 unspecified atom stereocenters. The minimum Gasteiger partial charge on any atom is -0.358 e. The molecule has 0 aromatic heterocycles. The third-order valence-corrected chi connectivity index (χ3v) is 12.7. The van der Waals surface area contributed by atoms with E-state index in [1.807, 2.05) is 5.92 Å². The summed E-state index contributed by atoms with van der Waals surface area (Å²) in [5.74, 6) is 10.2. The number of hydrogen-bond donors (Lipinski definition) is 0. The summed E-state index contributed by atoms with van der Waals surface area (Å²) in [6.45, 7) is 29.4. The van der Waals surface area contributed by atoms with Crippen LogP contribution in [0.2, 0.25) is 0 Å². The summed E-state index contributed by atoms with van der Waals surface area (Å²) in [4.78, 5) is 0. The van der Waals surface area contributed by atoms with E-state index in [2.05, 4.69) is 83.1 Å². The Morgan fingerprint density at radius 2 is 0.400 bits per heavy atom. The van der Waals surface area contributed by atoms with Crippen LogP contribution in [0, 0.1) is 66.6 Å². The van der Waals surface area contributed by atoms with Gasteiger partial charge >= 0.3 is 0 Å². The van der Waals surface area contributed by atoms with E-state index in [1.165, 1.54) is 135 Å². The van der Waals surface area contributed by atoms with Crippen molar-refractivity contribution in [2.75, 3.05) is 0 Å². The van der Waals surface area contributed by atoms with E-state index in [9.17, 15) is 0 Å². The Balaban J connectivity index is -0.00000882. The van der Waals surface area contributed by atoms with Gasteiger partial charge in [-0.1, -0.05) is 216 Å². The summed E-state index contributed by atoms with van der Waals surface area (Å²) < 4.78 is 0. The van der Waals surface area contributed by atoms with Gasteiger partial charge in [-0.25, -0.2) is 0 Å². The summed E-state index contributed by atoms with van der Waals surface area (Å²) in [6, 6.07) is 0.